The maximum absolute atomic E-state index is 13.1. The van der Waals surface area contributed by atoms with Gasteiger partial charge in [-0.05, 0) is 24.3 Å². The lowest BCUT2D eigenvalue weighted by atomic mass is 10.2. The Kier molecular flexibility index (Phi) is 3.97. The van der Waals surface area contributed by atoms with Crippen molar-refractivity contribution in [3.63, 3.8) is 0 Å². The molecule has 8 nitrogen and oxygen atoms in total. The summed E-state index contributed by atoms with van der Waals surface area (Å²) in [5.41, 5.74) is 1.89. The van der Waals surface area contributed by atoms with Gasteiger partial charge in [0, 0.05) is 20.1 Å². The van der Waals surface area contributed by atoms with E-state index in [0.29, 0.717) is 35.6 Å². The average Bonchev–Trinajstić information content (AvgIpc) is 2.75. The molecule has 1 aliphatic rings. The van der Waals surface area contributed by atoms with Crippen LogP contribution < -0.4 is 15.4 Å². The lowest BCUT2D eigenvalue weighted by Crippen LogP contribution is -2.45. The van der Waals surface area contributed by atoms with E-state index in [9.17, 15) is 9.59 Å². The standard InChI is InChI=1S/C21H18N6O2/c1-25-10-11-27(20-19(25)23-16-8-4-5-9-17(16)24-20)18(28)12-26-13-22-15-7-3-2-6-14(15)21(26)29/h2-9,13H,10-12H2,1H3. The molecule has 144 valence electrons. The van der Waals surface area contributed by atoms with Crippen LogP contribution in [0.2, 0.25) is 0 Å². The average molecular weight is 386 g/mol. The number of rotatable bonds is 2. The van der Waals surface area contributed by atoms with Gasteiger partial charge in [0.15, 0.2) is 11.6 Å². The van der Waals surface area contributed by atoms with Gasteiger partial charge in [-0.15, -0.1) is 0 Å². The third-order valence-corrected chi connectivity index (χ3v) is 5.15. The number of hydrogen-bond donors (Lipinski definition) is 0. The number of fused-ring (bicyclic) bond motifs is 3. The number of nitrogens with zero attached hydrogens (tertiary/aromatic N) is 6. The molecule has 0 saturated carbocycles. The summed E-state index contributed by atoms with van der Waals surface area (Å²) in [6.07, 6.45) is 1.42. The van der Waals surface area contributed by atoms with E-state index >= 15 is 0 Å². The Hall–Kier alpha value is -3.81. The Balaban J connectivity index is 1.53. The molecule has 0 unspecified atom stereocenters. The van der Waals surface area contributed by atoms with Crippen molar-refractivity contribution in [1.29, 1.82) is 0 Å². The van der Waals surface area contributed by atoms with Gasteiger partial charge in [-0.25, -0.2) is 15.0 Å². The fraction of sp³-hybridized carbons (Fsp3) is 0.190. The van der Waals surface area contributed by atoms with Gasteiger partial charge in [-0.3, -0.25) is 19.1 Å². The lowest BCUT2D eigenvalue weighted by molar-refractivity contribution is -0.119. The van der Waals surface area contributed by atoms with Crippen LogP contribution >= 0.6 is 0 Å². The fourth-order valence-electron chi connectivity index (χ4n) is 3.57. The Morgan fingerprint density at radius 1 is 0.931 bits per heavy atom. The summed E-state index contributed by atoms with van der Waals surface area (Å²) in [5, 5.41) is 0.493. The Morgan fingerprint density at radius 2 is 1.59 bits per heavy atom. The van der Waals surface area contributed by atoms with Crippen molar-refractivity contribution in [3.8, 4) is 0 Å². The predicted molar refractivity (Wildman–Crippen MR) is 111 cm³/mol. The summed E-state index contributed by atoms with van der Waals surface area (Å²) in [4.78, 5) is 43.1. The van der Waals surface area contributed by atoms with Crippen molar-refractivity contribution in [2.45, 2.75) is 6.54 Å². The second-order valence-electron chi connectivity index (χ2n) is 7.02. The molecule has 0 bridgehead atoms. The quantitative estimate of drug-likeness (QED) is 0.523. The van der Waals surface area contributed by atoms with Gasteiger partial charge in [0.25, 0.3) is 5.56 Å². The number of amides is 1. The molecule has 0 N–H and O–H groups in total. The molecular weight excluding hydrogens is 368 g/mol. The molecular formula is C21H18N6O2. The van der Waals surface area contributed by atoms with Gasteiger partial charge in [-0.1, -0.05) is 24.3 Å². The molecule has 0 radical (unpaired) electrons. The number of hydrogen-bond acceptors (Lipinski definition) is 6. The normalized spacial score (nSPS) is 13.7. The maximum Gasteiger partial charge on any atom is 0.261 e. The Labute approximate surface area is 166 Å². The summed E-state index contributed by atoms with van der Waals surface area (Å²) in [7, 11) is 1.93. The van der Waals surface area contributed by atoms with E-state index in [2.05, 4.69) is 15.0 Å². The van der Waals surface area contributed by atoms with E-state index in [-0.39, 0.29) is 18.0 Å². The number of carbonyl (C=O) groups excluding carboxylic acids is 1. The summed E-state index contributed by atoms with van der Waals surface area (Å²) in [6.45, 7) is 1.01. The molecule has 1 amide bonds. The van der Waals surface area contributed by atoms with E-state index in [1.165, 1.54) is 10.9 Å². The van der Waals surface area contributed by atoms with Crippen LogP contribution in [0, 0.1) is 0 Å². The summed E-state index contributed by atoms with van der Waals surface area (Å²) in [5.74, 6) is 0.958. The van der Waals surface area contributed by atoms with Gasteiger partial charge in [0.05, 0.1) is 28.3 Å². The summed E-state index contributed by atoms with van der Waals surface area (Å²) >= 11 is 0. The molecule has 0 saturated heterocycles. The van der Waals surface area contributed by atoms with Crippen LogP contribution in [0.4, 0.5) is 11.6 Å². The summed E-state index contributed by atoms with van der Waals surface area (Å²) in [6, 6.07) is 14.7. The first kappa shape index (κ1) is 17.3. The first-order chi connectivity index (χ1) is 14.1. The number of aromatic nitrogens is 4. The number of likely N-dealkylation sites (N-methyl/N-ethyl adjacent to an activating group) is 1. The van der Waals surface area contributed by atoms with Crippen molar-refractivity contribution in [2.24, 2.45) is 0 Å². The van der Waals surface area contributed by atoms with Crippen molar-refractivity contribution in [1.82, 2.24) is 19.5 Å². The van der Waals surface area contributed by atoms with Gasteiger partial charge in [-0.2, -0.15) is 0 Å². The lowest BCUT2D eigenvalue weighted by Gasteiger charge is -2.33. The molecule has 0 fully saturated rings. The summed E-state index contributed by atoms with van der Waals surface area (Å²) < 4.78 is 1.34. The van der Waals surface area contributed by atoms with E-state index in [1.807, 2.05) is 42.3 Å². The largest absolute Gasteiger partial charge is 0.355 e. The van der Waals surface area contributed by atoms with E-state index in [1.54, 1.807) is 23.1 Å². The first-order valence-corrected chi connectivity index (χ1v) is 9.34. The molecule has 29 heavy (non-hydrogen) atoms. The van der Waals surface area contributed by atoms with Gasteiger partial charge < -0.3 is 4.90 Å². The van der Waals surface area contributed by atoms with Crippen LogP contribution in [0.3, 0.4) is 0 Å². The molecule has 2 aromatic carbocycles. The van der Waals surface area contributed by atoms with Crippen molar-refractivity contribution in [2.75, 3.05) is 29.9 Å². The fourth-order valence-corrected chi connectivity index (χ4v) is 3.57. The Morgan fingerprint density at radius 3 is 2.34 bits per heavy atom. The minimum Gasteiger partial charge on any atom is -0.355 e. The van der Waals surface area contributed by atoms with E-state index in [0.717, 1.165) is 11.0 Å². The van der Waals surface area contributed by atoms with Gasteiger partial charge >= 0.3 is 0 Å². The zero-order valence-electron chi connectivity index (χ0n) is 15.8. The van der Waals surface area contributed by atoms with Crippen LogP contribution in [0.5, 0.6) is 0 Å². The zero-order chi connectivity index (χ0) is 20.0. The molecule has 3 heterocycles. The molecule has 1 aliphatic heterocycles. The number of benzene rings is 2. The predicted octanol–water partition coefficient (Wildman–Crippen LogP) is 1.82. The second-order valence-corrected chi connectivity index (χ2v) is 7.02. The highest BCUT2D eigenvalue weighted by atomic mass is 16.2. The zero-order valence-corrected chi connectivity index (χ0v) is 15.8. The third kappa shape index (κ3) is 2.89. The van der Waals surface area contributed by atoms with Crippen molar-refractivity contribution < 1.29 is 4.79 Å². The first-order valence-electron chi connectivity index (χ1n) is 9.34. The molecule has 0 spiro atoms. The highest BCUT2D eigenvalue weighted by Crippen LogP contribution is 2.30. The van der Waals surface area contributed by atoms with Crippen LogP contribution in [-0.2, 0) is 11.3 Å². The highest BCUT2D eigenvalue weighted by molar-refractivity contribution is 5.97. The third-order valence-electron chi connectivity index (χ3n) is 5.15. The SMILES string of the molecule is CN1CCN(C(=O)Cn2cnc3ccccc3c2=O)c2nc3ccccc3nc21. The van der Waals surface area contributed by atoms with Crippen LogP contribution in [-0.4, -0.2) is 45.6 Å². The smallest absolute Gasteiger partial charge is 0.261 e. The van der Waals surface area contributed by atoms with E-state index < -0.39 is 0 Å². The maximum atomic E-state index is 13.1. The Bertz CT molecular complexity index is 1320. The topological polar surface area (TPSA) is 84.2 Å². The molecule has 8 heteroatoms. The second kappa shape index (κ2) is 6.66. The molecule has 0 aliphatic carbocycles. The molecule has 2 aromatic heterocycles. The van der Waals surface area contributed by atoms with Gasteiger partial charge in [0.2, 0.25) is 5.91 Å². The minimum atomic E-state index is -0.233. The molecule has 4 aromatic rings. The van der Waals surface area contributed by atoms with Crippen LogP contribution in [0.1, 0.15) is 0 Å². The number of carbonyl (C=O) groups is 1. The van der Waals surface area contributed by atoms with E-state index in [4.69, 9.17) is 0 Å². The molecule has 5 rings (SSSR count). The highest BCUT2D eigenvalue weighted by Gasteiger charge is 2.28. The number of anilines is 2. The monoisotopic (exact) mass is 386 g/mol. The van der Waals surface area contributed by atoms with Gasteiger partial charge in [0.1, 0.15) is 6.54 Å². The van der Waals surface area contributed by atoms with Crippen molar-refractivity contribution in [3.05, 3.63) is 65.2 Å². The van der Waals surface area contributed by atoms with Crippen LogP contribution in [0.15, 0.2) is 59.7 Å². The number of para-hydroxylation sites is 3. The van der Waals surface area contributed by atoms with Crippen LogP contribution in [0.25, 0.3) is 21.9 Å². The molecule has 0 atom stereocenters. The minimum absolute atomic E-state index is 0.103. The van der Waals surface area contributed by atoms with Crippen molar-refractivity contribution >= 4 is 39.5 Å².